The van der Waals surface area contributed by atoms with Gasteiger partial charge in [0.1, 0.15) is 5.52 Å². The number of para-hydroxylation sites is 1. The number of nitrogens with one attached hydrogen (secondary N) is 1. The van der Waals surface area contributed by atoms with Gasteiger partial charge in [-0.25, -0.2) is 4.98 Å². The number of rotatable bonds is 1. The summed E-state index contributed by atoms with van der Waals surface area (Å²) in [7, 11) is 0. The molecule has 2 heterocycles. The first-order chi connectivity index (χ1) is 8.33. The van der Waals surface area contributed by atoms with Gasteiger partial charge in [0.25, 0.3) is 0 Å². The molecule has 0 saturated carbocycles. The number of piperazine rings is 1. The van der Waals surface area contributed by atoms with Gasteiger partial charge in [-0.15, -0.1) is 10.2 Å². The Kier molecular flexibility index (Phi) is 2.60. The first-order valence-electron chi connectivity index (χ1n) is 5.91. The van der Waals surface area contributed by atoms with Crippen LogP contribution in [0.25, 0.3) is 11.0 Å². The highest BCUT2D eigenvalue weighted by Gasteiger charge is 2.18. The molecule has 0 radical (unpaired) electrons. The van der Waals surface area contributed by atoms with Gasteiger partial charge in [-0.05, 0) is 19.1 Å². The molecule has 5 nitrogen and oxygen atoms in total. The fourth-order valence-electron chi connectivity index (χ4n) is 2.12. The summed E-state index contributed by atoms with van der Waals surface area (Å²) in [6.45, 7) is 5.00. The fourth-order valence-corrected chi connectivity index (χ4v) is 2.12. The van der Waals surface area contributed by atoms with Crippen molar-refractivity contribution in [1.29, 1.82) is 0 Å². The van der Waals surface area contributed by atoms with Crippen molar-refractivity contribution in [2.45, 2.75) is 13.0 Å². The molecule has 1 fully saturated rings. The Morgan fingerprint density at radius 3 is 2.88 bits per heavy atom. The molecule has 1 aliphatic heterocycles. The average Bonchev–Trinajstić information content (AvgIpc) is 2.38. The lowest BCUT2D eigenvalue weighted by Crippen LogP contribution is -2.49. The monoisotopic (exact) mass is 229 g/mol. The SMILES string of the molecule is C[C@H]1CN(c2nnc3ccccc3n2)CCN1. The molecule has 1 N–H and O–H groups in total. The lowest BCUT2D eigenvalue weighted by Gasteiger charge is -2.31. The topological polar surface area (TPSA) is 53.9 Å². The zero-order valence-corrected chi connectivity index (χ0v) is 9.80. The number of hydrogen-bond donors (Lipinski definition) is 1. The Hall–Kier alpha value is -1.75. The van der Waals surface area contributed by atoms with Crippen LogP contribution in [0.3, 0.4) is 0 Å². The van der Waals surface area contributed by atoms with E-state index in [-0.39, 0.29) is 0 Å². The van der Waals surface area contributed by atoms with Crippen molar-refractivity contribution in [1.82, 2.24) is 20.5 Å². The number of aromatic nitrogens is 3. The van der Waals surface area contributed by atoms with E-state index >= 15 is 0 Å². The van der Waals surface area contributed by atoms with Gasteiger partial charge >= 0.3 is 0 Å². The van der Waals surface area contributed by atoms with Crippen LogP contribution >= 0.6 is 0 Å². The summed E-state index contributed by atoms with van der Waals surface area (Å²) >= 11 is 0. The van der Waals surface area contributed by atoms with Crippen LogP contribution in [-0.4, -0.2) is 40.9 Å². The molecule has 0 spiro atoms. The quantitative estimate of drug-likeness (QED) is 0.784. The van der Waals surface area contributed by atoms with Gasteiger partial charge < -0.3 is 10.2 Å². The zero-order chi connectivity index (χ0) is 11.7. The van der Waals surface area contributed by atoms with E-state index in [0.717, 1.165) is 36.6 Å². The molecule has 1 aromatic carbocycles. The van der Waals surface area contributed by atoms with E-state index in [0.29, 0.717) is 6.04 Å². The number of anilines is 1. The van der Waals surface area contributed by atoms with Crippen LogP contribution in [0.1, 0.15) is 6.92 Å². The molecular weight excluding hydrogens is 214 g/mol. The summed E-state index contributed by atoms with van der Waals surface area (Å²) in [5.74, 6) is 0.733. The van der Waals surface area contributed by atoms with Crippen molar-refractivity contribution in [2.75, 3.05) is 24.5 Å². The van der Waals surface area contributed by atoms with E-state index in [1.54, 1.807) is 0 Å². The standard InChI is InChI=1S/C12H15N5/c1-9-8-17(7-6-13-9)12-14-10-4-2-3-5-11(10)15-16-12/h2-5,9,13H,6-8H2,1H3/t9-/m0/s1. The van der Waals surface area contributed by atoms with E-state index in [9.17, 15) is 0 Å². The third-order valence-electron chi connectivity index (χ3n) is 3.00. The van der Waals surface area contributed by atoms with Crippen LogP contribution in [0, 0.1) is 0 Å². The van der Waals surface area contributed by atoms with Gasteiger partial charge in [0.05, 0.1) is 5.52 Å². The second-order valence-corrected chi connectivity index (χ2v) is 4.40. The number of benzene rings is 1. The molecule has 3 rings (SSSR count). The van der Waals surface area contributed by atoms with Crippen LogP contribution in [0.15, 0.2) is 24.3 Å². The summed E-state index contributed by atoms with van der Waals surface area (Å²) < 4.78 is 0. The molecule has 1 atom stereocenters. The van der Waals surface area contributed by atoms with Crippen LogP contribution in [-0.2, 0) is 0 Å². The van der Waals surface area contributed by atoms with Gasteiger partial charge in [0.2, 0.25) is 5.95 Å². The predicted molar refractivity (Wildman–Crippen MR) is 67.0 cm³/mol. The molecule has 0 unspecified atom stereocenters. The maximum atomic E-state index is 4.56. The van der Waals surface area contributed by atoms with Gasteiger partial charge in [-0.3, -0.25) is 0 Å². The van der Waals surface area contributed by atoms with Crippen molar-refractivity contribution in [3.63, 3.8) is 0 Å². The van der Waals surface area contributed by atoms with Crippen molar-refractivity contribution in [3.8, 4) is 0 Å². The lowest BCUT2D eigenvalue weighted by atomic mass is 10.2. The second-order valence-electron chi connectivity index (χ2n) is 4.40. The van der Waals surface area contributed by atoms with Crippen LogP contribution < -0.4 is 10.2 Å². The summed E-state index contributed by atoms with van der Waals surface area (Å²) in [6.07, 6.45) is 0. The van der Waals surface area contributed by atoms with Crippen LogP contribution in [0.4, 0.5) is 5.95 Å². The molecule has 1 saturated heterocycles. The Morgan fingerprint density at radius 2 is 2.06 bits per heavy atom. The largest absolute Gasteiger partial charge is 0.337 e. The molecule has 0 bridgehead atoms. The van der Waals surface area contributed by atoms with Gasteiger partial charge in [0, 0.05) is 25.7 Å². The Balaban J connectivity index is 1.94. The first-order valence-corrected chi connectivity index (χ1v) is 5.91. The van der Waals surface area contributed by atoms with E-state index in [2.05, 4.69) is 32.3 Å². The highest BCUT2D eigenvalue weighted by Crippen LogP contribution is 2.13. The minimum atomic E-state index is 0.471. The van der Waals surface area contributed by atoms with Crippen molar-refractivity contribution in [3.05, 3.63) is 24.3 Å². The maximum Gasteiger partial charge on any atom is 0.246 e. The van der Waals surface area contributed by atoms with Crippen molar-refractivity contribution < 1.29 is 0 Å². The normalized spacial score (nSPS) is 20.8. The Morgan fingerprint density at radius 1 is 1.24 bits per heavy atom. The highest BCUT2D eigenvalue weighted by molar-refractivity contribution is 5.74. The molecule has 88 valence electrons. The Bertz CT molecular complexity index is 527. The summed E-state index contributed by atoms with van der Waals surface area (Å²) in [5.41, 5.74) is 1.75. The van der Waals surface area contributed by atoms with Crippen molar-refractivity contribution >= 4 is 17.0 Å². The molecule has 1 aliphatic rings. The average molecular weight is 229 g/mol. The molecule has 0 amide bonds. The van der Waals surface area contributed by atoms with Gasteiger partial charge in [-0.1, -0.05) is 12.1 Å². The highest BCUT2D eigenvalue weighted by atomic mass is 15.3. The minimum Gasteiger partial charge on any atom is -0.337 e. The lowest BCUT2D eigenvalue weighted by molar-refractivity contribution is 0.478. The molecule has 0 aliphatic carbocycles. The summed E-state index contributed by atoms with van der Waals surface area (Å²) in [5, 5.41) is 11.8. The third-order valence-corrected chi connectivity index (χ3v) is 3.00. The van der Waals surface area contributed by atoms with Gasteiger partial charge in [0.15, 0.2) is 0 Å². The van der Waals surface area contributed by atoms with E-state index in [1.807, 2.05) is 24.3 Å². The summed E-state index contributed by atoms with van der Waals surface area (Å²) in [4.78, 5) is 6.74. The number of nitrogens with zero attached hydrogens (tertiary/aromatic N) is 4. The molecular formula is C12H15N5. The minimum absolute atomic E-state index is 0.471. The maximum absolute atomic E-state index is 4.56. The Labute approximate surface area is 99.9 Å². The van der Waals surface area contributed by atoms with Crippen LogP contribution in [0.5, 0.6) is 0 Å². The molecule has 17 heavy (non-hydrogen) atoms. The van der Waals surface area contributed by atoms with Crippen molar-refractivity contribution in [2.24, 2.45) is 0 Å². The third kappa shape index (κ3) is 2.06. The molecule has 2 aromatic rings. The first kappa shape index (κ1) is 10.4. The fraction of sp³-hybridized carbons (Fsp3) is 0.417. The van der Waals surface area contributed by atoms with Gasteiger partial charge in [-0.2, -0.15) is 0 Å². The summed E-state index contributed by atoms with van der Waals surface area (Å²) in [6, 6.07) is 8.30. The van der Waals surface area contributed by atoms with E-state index < -0.39 is 0 Å². The van der Waals surface area contributed by atoms with Crippen LogP contribution in [0.2, 0.25) is 0 Å². The second kappa shape index (κ2) is 4.25. The van der Waals surface area contributed by atoms with E-state index in [4.69, 9.17) is 0 Å². The van der Waals surface area contributed by atoms with E-state index in [1.165, 1.54) is 0 Å². The predicted octanol–water partition coefficient (Wildman–Crippen LogP) is 0.823. The molecule has 1 aromatic heterocycles. The zero-order valence-electron chi connectivity index (χ0n) is 9.80. The molecule has 5 heteroatoms. The number of hydrogen-bond acceptors (Lipinski definition) is 5. The smallest absolute Gasteiger partial charge is 0.246 e. The number of fused-ring (bicyclic) bond motifs is 1.